The number of hydrogen-bond acceptors (Lipinski definition) is 8. The molecule has 1 aliphatic rings. The van der Waals surface area contributed by atoms with Crippen LogP contribution >= 0.6 is 0 Å². The van der Waals surface area contributed by atoms with E-state index in [0.29, 0.717) is 29.3 Å². The van der Waals surface area contributed by atoms with Crippen LogP contribution < -0.4 is 10.1 Å². The SMILES string of the molecule is COc1nn(CC(C)(C)O)cc1Cc1ncc(-c2ccc(CC(=O)Nc3cc(C4(C(F)(F)F)CC4)on3)c(F)c2)cn1. The molecule has 3 aromatic heterocycles. The molecule has 222 valence electrons. The molecule has 14 heteroatoms. The summed E-state index contributed by atoms with van der Waals surface area (Å²) in [6.45, 7) is 3.62. The number of ether oxygens (including phenoxy) is 1. The Kier molecular flexibility index (Phi) is 7.51. The molecule has 10 nitrogen and oxygen atoms in total. The van der Waals surface area contributed by atoms with Crippen molar-refractivity contribution in [2.75, 3.05) is 12.4 Å². The van der Waals surface area contributed by atoms with Crippen LogP contribution in [0.5, 0.6) is 5.88 Å². The molecule has 1 fully saturated rings. The highest BCUT2D eigenvalue weighted by atomic mass is 19.4. The van der Waals surface area contributed by atoms with Crippen LogP contribution in [0.15, 0.2) is 47.4 Å². The van der Waals surface area contributed by atoms with Crippen molar-refractivity contribution in [1.82, 2.24) is 24.9 Å². The smallest absolute Gasteiger partial charge is 0.401 e. The number of amides is 1. The van der Waals surface area contributed by atoms with Crippen molar-refractivity contribution in [3.8, 4) is 17.0 Å². The number of methoxy groups -OCH3 is 1. The molecular weight excluding hydrogens is 560 g/mol. The molecule has 1 aliphatic carbocycles. The highest BCUT2D eigenvalue weighted by Gasteiger charge is 2.66. The molecule has 0 atom stereocenters. The third kappa shape index (κ3) is 6.27. The van der Waals surface area contributed by atoms with Gasteiger partial charge in [-0.1, -0.05) is 17.3 Å². The van der Waals surface area contributed by atoms with Gasteiger partial charge < -0.3 is 19.7 Å². The van der Waals surface area contributed by atoms with Crippen molar-refractivity contribution in [2.24, 2.45) is 0 Å². The predicted octanol–water partition coefficient (Wildman–Crippen LogP) is 4.61. The van der Waals surface area contributed by atoms with Crippen molar-refractivity contribution < 1.29 is 36.7 Å². The maximum atomic E-state index is 14.9. The van der Waals surface area contributed by atoms with Gasteiger partial charge in [-0.05, 0) is 43.9 Å². The molecule has 0 radical (unpaired) electrons. The average Bonchev–Trinajstić information content (AvgIpc) is 3.48. The van der Waals surface area contributed by atoms with Crippen molar-refractivity contribution in [2.45, 2.75) is 63.3 Å². The molecule has 2 N–H and O–H groups in total. The maximum Gasteiger partial charge on any atom is 0.401 e. The van der Waals surface area contributed by atoms with Gasteiger partial charge in [0.05, 0.1) is 25.7 Å². The Morgan fingerprint density at radius 2 is 1.86 bits per heavy atom. The lowest BCUT2D eigenvalue weighted by Crippen LogP contribution is -2.28. The van der Waals surface area contributed by atoms with Crippen molar-refractivity contribution >= 4 is 11.7 Å². The number of nitrogens with zero attached hydrogens (tertiary/aromatic N) is 5. The Labute approximate surface area is 237 Å². The largest absolute Gasteiger partial charge is 0.480 e. The Balaban J connectivity index is 1.21. The highest BCUT2D eigenvalue weighted by molar-refractivity contribution is 5.91. The second kappa shape index (κ2) is 10.8. The number of hydrogen-bond donors (Lipinski definition) is 2. The summed E-state index contributed by atoms with van der Waals surface area (Å²) in [5, 5.41) is 20.2. The lowest BCUT2D eigenvalue weighted by molar-refractivity contribution is -0.165. The number of anilines is 1. The summed E-state index contributed by atoms with van der Waals surface area (Å²) in [4.78, 5) is 21.2. The van der Waals surface area contributed by atoms with Gasteiger partial charge in [0.2, 0.25) is 11.8 Å². The van der Waals surface area contributed by atoms with Crippen LogP contribution in [0.25, 0.3) is 11.1 Å². The Morgan fingerprint density at radius 1 is 1.14 bits per heavy atom. The van der Waals surface area contributed by atoms with Crippen LogP contribution in [0, 0.1) is 5.82 Å². The van der Waals surface area contributed by atoms with Crippen LogP contribution in [0.2, 0.25) is 0 Å². The third-order valence-electron chi connectivity index (χ3n) is 6.87. The van der Waals surface area contributed by atoms with E-state index in [1.54, 1.807) is 43.2 Å². The maximum absolute atomic E-state index is 14.9. The Morgan fingerprint density at radius 3 is 2.45 bits per heavy atom. The van der Waals surface area contributed by atoms with E-state index in [4.69, 9.17) is 9.26 Å². The number of alkyl halides is 3. The molecule has 42 heavy (non-hydrogen) atoms. The van der Waals surface area contributed by atoms with Crippen molar-refractivity contribution in [1.29, 1.82) is 0 Å². The molecular formula is C28H28F4N6O4. The summed E-state index contributed by atoms with van der Waals surface area (Å²) >= 11 is 0. The van der Waals surface area contributed by atoms with E-state index < -0.39 is 28.9 Å². The number of carbonyl (C=O) groups is 1. The topological polar surface area (TPSA) is 128 Å². The summed E-state index contributed by atoms with van der Waals surface area (Å²) in [6, 6.07) is 5.36. The number of aromatic nitrogens is 5. The minimum Gasteiger partial charge on any atom is -0.480 e. The molecule has 0 spiro atoms. The molecule has 0 aliphatic heterocycles. The Hall–Kier alpha value is -4.33. The van der Waals surface area contributed by atoms with Crippen LogP contribution in [-0.2, 0) is 29.6 Å². The number of nitrogens with one attached hydrogen (secondary N) is 1. The van der Waals surface area contributed by atoms with Gasteiger partial charge in [-0.15, -0.1) is 5.10 Å². The first-order chi connectivity index (χ1) is 19.8. The van der Waals surface area contributed by atoms with Crippen molar-refractivity contribution in [3.63, 3.8) is 0 Å². The Bertz CT molecular complexity index is 1590. The highest BCUT2D eigenvalue weighted by Crippen LogP contribution is 2.59. The van der Waals surface area contributed by atoms with Crippen LogP contribution in [-0.4, -0.2) is 54.8 Å². The van der Waals surface area contributed by atoms with Gasteiger partial charge in [0.15, 0.2) is 11.6 Å². The first-order valence-electron chi connectivity index (χ1n) is 13.0. The van der Waals surface area contributed by atoms with E-state index in [0.717, 1.165) is 11.6 Å². The number of carbonyl (C=O) groups excluding carboxylic acids is 1. The molecule has 1 saturated carbocycles. The van der Waals surface area contributed by atoms with E-state index in [-0.39, 0.29) is 42.9 Å². The summed E-state index contributed by atoms with van der Waals surface area (Å²) in [5.74, 6) is -0.952. The van der Waals surface area contributed by atoms with Gasteiger partial charge in [-0.25, -0.2) is 14.4 Å². The van der Waals surface area contributed by atoms with Gasteiger partial charge in [-0.2, -0.15) is 13.2 Å². The van der Waals surface area contributed by atoms with E-state index in [2.05, 4.69) is 25.5 Å². The summed E-state index contributed by atoms with van der Waals surface area (Å²) in [7, 11) is 1.50. The number of halogens is 4. The van der Waals surface area contributed by atoms with Crippen LogP contribution in [0.3, 0.4) is 0 Å². The normalized spacial score (nSPS) is 14.6. The lowest BCUT2D eigenvalue weighted by atomic mass is 10.0. The van der Waals surface area contributed by atoms with Gasteiger partial charge in [0.25, 0.3) is 0 Å². The zero-order valence-electron chi connectivity index (χ0n) is 23.0. The standard InChI is InChI=1S/C28H28F4N6O4/c1-26(2,40)15-38-14-18(25(36-38)41-3)9-22-33-12-19(13-34-22)16-4-5-17(20(29)8-16)10-24(39)35-23-11-21(42-37-23)27(6-7-27)28(30,31)32/h4-5,8,11-14,40H,6-7,9-10,15H2,1-3H3,(H,35,37,39). The zero-order valence-corrected chi connectivity index (χ0v) is 23.0. The van der Waals surface area contributed by atoms with E-state index in [1.165, 1.54) is 19.2 Å². The number of benzene rings is 1. The van der Waals surface area contributed by atoms with Gasteiger partial charge >= 0.3 is 6.18 Å². The fourth-order valence-corrected chi connectivity index (χ4v) is 4.57. The van der Waals surface area contributed by atoms with Gasteiger partial charge in [0, 0.05) is 42.2 Å². The lowest BCUT2D eigenvalue weighted by Gasteiger charge is -2.16. The predicted molar refractivity (Wildman–Crippen MR) is 141 cm³/mol. The molecule has 1 aromatic carbocycles. The van der Waals surface area contributed by atoms with Crippen LogP contribution in [0.1, 0.15) is 49.4 Å². The first kappa shape index (κ1) is 29.2. The van der Waals surface area contributed by atoms with E-state index in [1.807, 2.05) is 0 Å². The summed E-state index contributed by atoms with van der Waals surface area (Å²) in [6.07, 6.45) is 0.134. The van der Waals surface area contributed by atoms with Crippen molar-refractivity contribution in [3.05, 3.63) is 71.4 Å². The molecule has 0 bridgehead atoms. The van der Waals surface area contributed by atoms with Crippen LogP contribution in [0.4, 0.5) is 23.4 Å². The number of aliphatic hydroxyl groups is 1. The third-order valence-corrected chi connectivity index (χ3v) is 6.87. The summed E-state index contributed by atoms with van der Waals surface area (Å²) < 4.78 is 66.5. The van der Waals surface area contributed by atoms with E-state index in [9.17, 15) is 27.5 Å². The molecule has 0 saturated heterocycles. The molecule has 4 aromatic rings. The molecule has 5 rings (SSSR count). The first-order valence-corrected chi connectivity index (χ1v) is 13.0. The minimum atomic E-state index is -4.47. The van der Waals surface area contributed by atoms with Gasteiger partial charge in [-0.3, -0.25) is 9.48 Å². The number of rotatable bonds is 10. The average molecular weight is 589 g/mol. The van der Waals surface area contributed by atoms with E-state index >= 15 is 0 Å². The quantitative estimate of drug-likeness (QED) is 0.257. The van der Waals surface area contributed by atoms with Gasteiger partial charge in [0.1, 0.15) is 17.1 Å². The molecule has 3 heterocycles. The fourth-order valence-electron chi connectivity index (χ4n) is 4.57. The molecule has 0 unspecified atom stereocenters. The summed E-state index contributed by atoms with van der Waals surface area (Å²) in [5.41, 5.74) is -1.16. The zero-order chi connectivity index (χ0) is 30.3. The minimum absolute atomic E-state index is 0.0848. The second-order valence-electron chi connectivity index (χ2n) is 10.9. The molecule has 1 amide bonds. The monoisotopic (exact) mass is 588 g/mol. The fraction of sp³-hybridized carbons (Fsp3) is 0.393. The second-order valence-corrected chi connectivity index (χ2v) is 10.9.